The molecule has 18 heavy (non-hydrogen) atoms. The van der Waals surface area contributed by atoms with Crippen molar-refractivity contribution in [2.75, 3.05) is 11.1 Å². The number of hydrogen-bond donors (Lipinski definition) is 3. The van der Waals surface area contributed by atoms with Crippen molar-refractivity contribution in [3.63, 3.8) is 0 Å². The van der Waals surface area contributed by atoms with Gasteiger partial charge in [0.15, 0.2) is 0 Å². The summed E-state index contributed by atoms with van der Waals surface area (Å²) in [5.41, 5.74) is 7.40. The molecule has 0 saturated heterocycles. The lowest BCUT2D eigenvalue weighted by Gasteiger charge is -2.03. The molecular formula is C10H11N7S. The van der Waals surface area contributed by atoms with Crippen LogP contribution in [0.3, 0.4) is 0 Å². The van der Waals surface area contributed by atoms with E-state index in [4.69, 9.17) is 5.73 Å². The number of H-pyrrole nitrogens is 1. The minimum absolute atomic E-state index is 0.470. The number of fused-ring (bicyclic) bond motifs is 1. The number of nitrogens with zero attached hydrogens (tertiary/aromatic N) is 4. The fraction of sp³-hybridized carbons (Fsp3) is 0.200. The number of anilines is 2. The minimum atomic E-state index is 0.470. The molecule has 0 aliphatic heterocycles. The highest BCUT2D eigenvalue weighted by molar-refractivity contribution is 7.15. The van der Waals surface area contributed by atoms with E-state index in [2.05, 4.69) is 30.5 Å². The van der Waals surface area contributed by atoms with Gasteiger partial charge in [-0.05, 0) is 13.0 Å². The largest absolute Gasteiger partial charge is 0.374 e. The number of nitrogens with one attached hydrogen (secondary N) is 2. The molecule has 0 spiro atoms. The van der Waals surface area contributed by atoms with Gasteiger partial charge in [0, 0.05) is 5.69 Å². The van der Waals surface area contributed by atoms with Crippen LogP contribution in [0.25, 0.3) is 11.0 Å². The lowest BCUT2D eigenvalue weighted by molar-refractivity contribution is 0.987. The second kappa shape index (κ2) is 4.22. The average Bonchev–Trinajstić information content (AvgIpc) is 2.91. The zero-order valence-electron chi connectivity index (χ0n) is 9.64. The number of aromatic nitrogens is 5. The summed E-state index contributed by atoms with van der Waals surface area (Å²) in [4.78, 5) is 11.6. The van der Waals surface area contributed by atoms with Crippen LogP contribution in [0, 0.1) is 6.92 Å². The highest BCUT2D eigenvalue weighted by Crippen LogP contribution is 2.21. The highest BCUT2D eigenvalue weighted by Gasteiger charge is 2.07. The van der Waals surface area contributed by atoms with E-state index in [-0.39, 0.29) is 0 Å². The van der Waals surface area contributed by atoms with Crippen molar-refractivity contribution in [1.82, 2.24) is 25.1 Å². The molecule has 0 fully saturated rings. The monoisotopic (exact) mass is 261 g/mol. The predicted octanol–water partition coefficient (Wildman–Crippen LogP) is 1.31. The second-order valence-electron chi connectivity index (χ2n) is 3.82. The van der Waals surface area contributed by atoms with Gasteiger partial charge < -0.3 is 16.0 Å². The van der Waals surface area contributed by atoms with Crippen molar-refractivity contribution in [2.45, 2.75) is 13.5 Å². The molecule has 3 aromatic heterocycles. The van der Waals surface area contributed by atoms with Gasteiger partial charge in [0.05, 0.1) is 11.9 Å². The Morgan fingerprint density at radius 2 is 2.28 bits per heavy atom. The molecule has 4 N–H and O–H groups in total. The van der Waals surface area contributed by atoms with Gasteiger partial charge in [-0.3, -0.25) is 0 Å². The quantitative estimate of drug-likeness (QED) is 0.656. The molecule has 0 atom stereocenters. The number of aromatic amines is 1. The standard InChI is InChI=1S/C10H11N7S/c1-5-2-6-8(13-4-14-9(6)15-5)12-3-7-16-17-10(11)18-7/h2,4H,3H2,1H3,(H2,11,17)(H2,12,13,14,15). The first-order valence-corrected chi connectivity index (χ1v) is 6.16. The molecule has 0 radical (unpaired) electrons. The summed E-state index contributed by atoms with van der Waals surface area (Å²) in [6, 6.07) is 2.01. The third-order valence-corrected chi connectivity index (χ3v) is 3.20. The van der Waals surface area contributed by atoms with Crippen LogP contribution >= 0.6 is 11.3 Å². The van der Waals surface area contributed by atoms with Crippen LogP contribution in [0.15, 0.2) is 12.4 Å². The van der Waals surface area contributed by atoms with E-state index >= 15 is 0 Å². The van der Waals surface area contributed by atoms with Gasteiger partial charge in [-0.2, -0.15) is 0 Å². The van der Waals surface area contributed by atoms with Crippen LogP contribution in [-0.4, -0.2) is 25.1 Å². The summed E-state index contributed by atoms with van der Waals surface area (Å²) >= 11 is 1.36. The Bertz CT molecular complexity index is 686. The molecule has 0 aromatic carbocycles. The molecule has 92 valence electrons. The zero-order chi connectivity index (χ0) is 12.5. The minimum Gasteiger partial charge on any atom is -0.374 e. The molecule has 0 amide bonds. The van der Waals surface area contributed by atoms with Crippen LogP contribution in [0.4, 0.5) is 10.9 Å². The Labute approximate surface area is 106 Å². The molecule has 0 unspecified atom stereocenters. The normalized spacial score (nSPS) is 10.9. The maximum Gasteiger partial charge on any atom is 0.203 e. The smallest absolute Gasteiger partial charge is 0.203 e. The number of nitrogen functional groups attached to an aromatic ring is 1. The molecule has 0 aliphatic rings. The van der Waals surface area contributed by atoms with E-state index in [0.717, 1.165) is 27.6 Å². The van der Waals surface area contributed by atoms with Crippen molar-refractivity contribution < 1.29 is 0 Å². The van der Waals surface area contributed by atoms with Gasteiger partial charge >= 0.3 is 0 Å². The maximum atomic E-state index is 5.53. The number of rotatable bonds is 3. The van der Waals surface area contributed by atoms with Gasteiger partial charge in [0.1, 0.15) is 22.8 Å². The van der Waals surface area contributed by atoms with E-state index in [1.165, 1.54) is 17.7 Å². The third kappa shape index (κ3) is 1.97. The fourth-order valence-electron chi connectivity index (χ4n) is 1.71. The summed E-state index contributed by atoms with van der Waals surface area (Å²) in [6.07, 6.45) is 1.52. The van der Waals surface area contributed by atoms with E-state index in [1.807, 2.05) is 13.0 Å². The molecule has 7 nitrogen and oxygen atoms in total. The Morgan fingerprint density at radius 1 is 1.39 bits per heavy atom. The number of aryl methyl sites for hydroxylation is 1. The first kappa shape index (κ1) is 10.9. The van der Waals surface area contributed by atoms with E-state index < -0.39 is 0 Å². The molecule has 0 aliphatic carbocycles. The molecular weight excluding hydrogens is 250 g/mol. The molecule has 3 aromatic rings. The second-order valence-corrected chi connectivity index (χ2v) is 4.92. The van der Waals surface area contributed by atoms with Crippen LogP contribution in [0.2, 0.25) is 0 Å². The number of hydrogen-bond acceptors (Lipinski definition) is 7. The van der Waals surface area contributed by atoms with Crippen molar-refractivity contribution in [1.29, 1.82) is 0 Å². The summed E-state index contributed by atoms with van der Waals surface area (Å²) in [6.45, 7) is 2.53. The van der Waals surface area contributed by atoms with Gasteiger partial charge in [-0.1, -0.05) is 11.3 Å². The van der Waals surface area contributed by atoms with Crippen LogP contribution in [0.5, 0.6) is 0 Å². The zero-order valence-corrected chi connectivity index (χ0v) is 10.5. The molecule has 3 heterocycles. The summed E-state index contributed by atoms with van der Waals surface area (Å²) in [5.74, 6) is 0.776. The molecule has 8 heteroatoms. The molecule has 3 rings (SSSR count). The van der Waals surface area contributed by atoms with E-state index in [0.29, 0.717) is 11.7 Å². The summed E-state index contributed by atoms with van der Waals surface area (Å²) < 4.78 is 0. The third-order valence-electron chi connectivity index (χ3n) is 2.45. The lowest BCUT2D eigenvalue weighted by Crippen LogP contribution is -2.01. The lowest BCUT2D eigenvalue weighted by atomic mass is 10.3. The van der Waals surface area contributed by atoms with Crippen molar-refractivity contribution in [3.05, 3.63) is 23.1 Å². The van der Waals surface area contributed by atoms with E-state index in [1.54, 1.807) is 0 Å². The summed E-state index contributed by atoms with van der Waals surface area (Å²) in [5, 5.41) is 13.2. The Morgan fingerprint density at radius 3 is 3.06 bits per heavy atom. The fourth-order valence-corrected chi connectivity index (χ4v) is 2.26. The first-order chi connectivity index (χ1) is 8.72. The summed E-state index contributed by atoms with van der Waals surface area (Å²) in [7, 11) is 0. The van der Waals surface area contributed by atoms with Gasteiger partial charge in [-0.15, -0.1) is 10.2 Å². The molecule has 0 bridgehead atoms. The van der Waals surface area contributed by atoms with Gasteiger partial charge in [0.25, 0.3) is 0 Å². The first-order valence-electron chi connectivity index (χ1n) is 5.34. The Kier molecular flexibility index (Phi) is 2.56. The maximum absolute atomic E-state index is 5.53. The average molecular weight is 261 g/mol. The van der Waals surface area contributed by atoms with Crippen molar-refractivity contribution in [2.24, 2.45) is 0 Å². The van der Waals surface area contributed by atoms with Gasteiger partial charge in [0.2, 0.25) is 5.13 Å². The number of nitrogens with two attached hydrogens (primary N) is 1. The Hall–Kier alpha value is -2.22. The predicted molar refractivity (Wildman–Crippen MR) is 70.3 cm³/mol. The van der Waals surface area contributed by atoms with Crippen molar-refractivity contribution >= 4 is 33.3 Å². The van der Waals surface area contributed by atoms with Crippen LogP contribution in [-0.2, 0) is 6.54 Å². The van der Waals surface area contributed by atoms with Gasteiger partial charge in [-0.25, -0.2) is 9.97 Å². The van der Waals surface area contributed by atoms with Crippen molar-refractivity contribution in [3.8, 4) is 0 Å². The SMILES string of the molecule is Cc1cc2c(NCc3nnc(N)s3)ncnc2[nH]1. The van der Waals surface area contributed by atoms with Crippen LogP contribution < -0.4 is 11.1 Å². The van der Waals surface area contributed by atoms with Crippen LogP contribution in [0.1, 0.15) is 10.7 Å². The topological polar surface area (TPSA) is 105 Å². The highest BCUT2D eigenvalue weighted by atomic mass is 32.1. The molecule has 0 saturated carbocycles. The Balaban J connectivity index is 1.86. The van der Waals surface area contributed by atoms with E-state index in [9.17, 15) is 0 Å².